The highest BCUT2D eigenvalue weighted by atomic mass is 35.5. The molecule has 0 N–H and O–H groups in total. The van der Waals surface area contributed by atoms with Gasteiger partial charge in [-0.3, -0.25) is 0 Å². The van der Waals surface area contributed by atoms with Crippen LogP contribution in [-0.4, -0.2) is 18.5 Å². The number of hydrogen-bond acceptors (Lipinski definition) is 3. The van der Waals surface area contributed by atoms with Gasteiger partial charge >= 0.3 is 0 Å². The Kier molecular flexibility index (Phi) is 4.02. The Labute approximate surface area is 111 Å². The maximum Gasteiger partial charge on any atom is 0.0872 e. The fourth-order valence-corrected chi connectivity index (χ4v) is 1.93. The summed E-state index contributed by atoms with van der Waals surface area (Å²) < 4.78 is 0. The van der Waals surface area contributed by atoms with E-state index in [4.69, 9.17) is 23.2 Å². The van der Waals surface area contributed by atoms with E-state index >= 15 is 0 Å². The van der Waals surface area contributed by atoms with Gasteiger partial charge in [0.15, 0.2) is 0 Å². The van der Waals surface area contributed by atoms with Crippen molar-refractivity contribution in [2.45, 2.75) is 12.8 Å². The van der Waals surface area contributed by atoms with Gasteiger partial charge in [0.2, 0.25) is 0 Å². The number of allylic oxidation sites excluding steroid dienone is 1. The van der Waals surface area contributed by atoms with Gasteiger partial charge in [0.1, 0.15) is 0 Å². The zero-order chi connectivity index (χ0) is 12.3. The molecule has 1 aromatic rings. The molecule has 1 heterocycles. The Morgan fingerprint density at radius 3 is 2.71 bits per heavy atom. The van der Waals surface area contributed by atoms with Crippen molar-refractivity contribution < 1.29 is 0 Å². The third-order valence-electron chi connectivity index (χ3n) is 2.51. The van der Waals surface area contributed by atoms with Gasteiger partial charge in [-0.2, -0.15) is 10.2 Å². The molecule has 5 heteroatoms. The number of halogens is 2. The molecule has 0 spiro atoms. The van der Waals surface area contributed by atoms with Gasteiger partial charge in [0.25, 0.3) is 0 Å². The average Bonchev–Trinajstić information content (AvgIpc) is 2.31. The first-order chi connectivity index (χ1) is 8.15. The highest BCUT2D eigenvalue weighted by Crippen LogP contribution is 2.27. The first-order valence-electron chi connectivity index (χ1n) is 5.43. The normalized spacial score (nSPS) is 16.4. The molecule has 0 radical (unpaired) electrons. The van der Waals surface area contributed by atoms with E-state index in [2.05, 4.69) is 15.1 Å². The van der Waals surface area contributed by atoms with Crippen LogP contribution in [0.3, 0.4) is 0 Å². The standard InChI is InChI=1S/C12H13Cl2N3/c1-17-6-2-3-10(8-17)16-15-9-4-5-11(13)12(14)7-9/h4-5,7-8H,2-3,6H2,1H3. The van der Waals surface area contributed by atoms with E-state index in [0.717, 1.165) is 25.1 Å². The van der Waals surface area contributed by atoms with Crippen molar-refractivity contribution in [3.63, 3.8) is 0 Å². The third kappa shape index (κ3) is 3.45. The molecule has 0 amide bonds. The minimum absolute atomic E-state index is 0.498. The first kappa shape index (κ1) is 12.4. The van der Waals surface area contributed by atoms with Gasteiger partial charge in [0, 0.05) is 19.8 Å². The number of benzene rings is 1. The van der Waals surface area contributed by atoms with E-state index in [1.54, 1.807) is 18.2 Å². The van der Waals surface area contributed by atoms with Crippen molar-refractivity contribution in [1.82, 2.24) is 4.90 Å². The Bertz CT molecular complexity index is 469. The maximum absolute atomic E-state index is 5.90. The van der Waals surface area contributed by atoms with Crippen LogP contribution < -0.4 is 0 Å². The third-order valence-corrected chi connectivity index (χ3v) is 3.25. The number of azo groups is 1. The summed E-state index contributed by atoms with van der Waals surface area (Å²) in [6.07, 6.45) is 4.10. The van der Waals surface area contributed by atoms with Crippen molar-refractivity contribution in [3.8, 4) is 0 Å². The summed E-state index contributed by atoms with van der Waals surface area (Å²) >= 11 is 11.7. The lowest BCUT2D eigenvalue weighted by Crippen LogP contribution is -2.16. The molecular weight excluding hydrogens is 257 g/mol. The molecule has 1 aliphatic rings. The molecule has 1 aromatic carbocycles. The summed E-state index contributed by atoms with van der Waals surface area (Å²) in [4.78, 5) is 2.12. The second kappa shape index (κ2) is 5.52. The largest absolute Gasteiger partial charge is 0.379 e. The quantitative estimate of drug-likeness (QED) is 0.719. The molecule has 2 rings (SSSR count). The molecule has 1 aliphatic heterocycles. The minimum Gasteiger partial charge on any atom is -0.379 e. The molecule has 3 nitrogen and oxygen atoms in total. The van der Waals surface area contributed by atoms with Gasteiger partial charge in [-0.25, -0.2) is 0 Å². The molecule has 90 valence electrons. The van der Waals surface area contributed by atoms with Crippen LogP contribution in [0.2, 0.25) is 10.0 Å². The summed E-state index contributed by atoms with van der Waals surface area (Å²) in [5, 5.41) is 9.40. The van der Waals surface area contributed by atoms with Crippen LogP contribution in [0.15, 0.2) is 40.3 Å². The Hall–Kier alpha value is -1.06. The minimum atomic E-state index is 0.498. The van der Waals surface area contributed by atoms with Gasteiger partial charge in [-0.1, -0.05) is 23.2 Å². The van der Waals surface area contributed by atoms with E-state index in [1.165, 1.54) is 0 Å². The lowest BCUT2D eigenvalue weighted by Gasteiger charge is -2.19. The molecule has 0 unspecified atom stereocenters. The summed E-state index contributed by atoms with van der Waals surface area (Å²) in [5.41, 5.74) is 1.71. The summed E-state index contributed by atoms with van der Waals surface area (Å²) in [5.74, 6) is 0. The molecule has 0 aromatic heterocycles. The molecule has 17 heavy (non-hydrogen) atoms. The van der Waals surface area contributed by atoms with Crippen molar-refractivity contribution in [2.75, 3.05) is 13.6 Å². The van der Waals surface area contributed by atoms with E-state index in [9.17, 15) is 0 Å². The number of hydrogen-bond donors (Lipinski definition) is 0. The van der Waals surface area contributed by atoms with Gasteiger partial charge in [-0.05, 0) is 31.0 Å². The zero-order valence-electron chi connectivity index (χ0n) is 9.53. The van der Waals surface area contributed by atoms with Gasteiger partial charge in [0.05, 0.1) is 21.4 Å². The average molecular weight is 270 g/mol. The van der Waals surface area contributed by atoms with Crippen LogP contribution in [0.4, 0.5) is 5.69 Å². The van der Waals surface area contributed by atoms with Crippen LogP contribution in [0.25, 0.3) is 0 Å². The Morgan fingerprint density at radius 1 is 1.18 bits per heavy atom. The predicted octanol–water partition coefficient (Wildman–Crippen LogP) is 4.64. The van der Waals surface area contributed by atoms with Crippen molar-refractivity contribution in [2.24, 2.45) is 10.2 Å². The Morgan fingerprint density at radius 2 is 2.00 bits per heavy atom. The van der Waals surface area contributed by atoms with Crippen LogP contribution in [-0.2, 0) is 0 Å². The zero-order valence-corrected chi connectivity index (χ0v) is 11.0. The van der Waals surface area contributed by atoms with Gasteiger partial charge < -0.3 is 4.90 Å². The smallest absolute Gasteiger partial charge is 0.0872 e. The molecule has 0 aliphatic carbocycles. The van der Waals surface area contributed by atoms with Crippen LogP contribution >= 0.6 is 23.2 Å². The monoisotopic (exact) mass is 269 g/mol. The van der Waals surface area contributed by atoms with E-state index in [-0.39, 0.29) is 0 Å². The molecular formula is C12H13Cl2N3. The van der Waals surface area contributed by atoms with Crippen LogP contribution in [0.5, 0.6) is 0 Å². The van der Waals surface area contributed by atoms with Crippen LogP contribution in [0.1, 0.15) is 12.8 Å². The second-order valence-electron chi connectivity index (χ2n) is 4.00. The predicted molar refractivity (Wildman–Crippen MR) is 70.9 cm³/mol. The summed E-state index contributed by atoms with van der Waals surface area (Å²) in [7, 11) is 2.04. The topological polar surface area (TPSA) is 28.0 Å². The van der Waals surface area contributed by atoms with E-state index < -0.39 is 0 Å². The van der Waals surface area contributed by atoms with Crippen molar-refractivity contribution in [1.29, 1.82) is 0 Å². The lowest BCUT2D eigenvalue weighted by atomic mass is 10.2. The fraction of sp³-hybridized carbons (Fsp3) is 0.333. The molecule has 0 saturated carbocycles. The second-order valence-corrected chi connectivity index (χ2v) is 4.82. The Balaban J connectivity index is 2.12. The van der Waals surface area contributed by atoms with E-state index in [1.807, 2.05) is 13.2 Å². The summed E-state index contributed by atoms with van der Waals surface area (Å²) in [6.45, 7) is 1.08. The molecule has 0 atom stereocenters. The number of rotatable bonds is 2. The molecule has 0 saturated heterocycles. The maximum atomic E-state index is 5.90. The fourth-order valence-electron chi connectivity index (χ4n) is 1.64. The van der Waals surface area contributed by atoms with Crippen molar-refractivity contribution in [3.05, 3.63) is 40.1 Å². The van der Waals surface area contributed by atoms with E-state index in [0.29, 0.717) is 15.7 Å². The lowest BCUT2D eigenvalue weighted by molar-refractivity contribution is 0.414. The molecule has 0 bridgehead atoms. The van der Waals surface area contributed by atoms with Gasteiger partial charge in [-0.15, -0.1) is 0 Å². The number of nitrogens with zero attached hydrogens (tertiary/aromatic N) is 3. The summed E-state index contributed by atoms with van der Waals surface area (Å²) in [6, 6.07) is 5.23. The van der Waals surface area contributed by atoms with Crippen molar-refractivity contribution >= 4 is 28.9 Å². The molecule has 0 fully saturated rings. The van der Waals surface area contributed by atoms with Crippen LogP contribution in [0, 0.1) is 0 Å². The highest BCUT2D eigenvalue weighted by molar-refractivity contribution is 6.42. The highest BCUT2D eigenvalue weighted by Gasteiger charge is 2.06. The first-order valence-corrected chi connectivity index (χ1v) is 6.18. The SMILES string of the molecule is CN1C=C(N=Nc2ccc(Cl)c(Cl)c2)CCC1.